The molecule has 0 fully saturated rings. The predicted octanol–water partition coefficient (Wildman–Crippen LogP) is 10.9. The van der Waals surface area contributed by atoms with Crippen LogP contribution in [0.25, 0.3) is 61.0 Å². The summed E-state index contributed by atoms with van der Waals surface area (Å²) in [6.07, 6.45) is 3.71. The molecule has 226 valence electrons. The molecule has 0 amide bonds. The van der Waals surface area contributed by atoms with Gasteiger partial charge in [-0.15, -0.1) is 0 Å². The van der Waals surface area contributed by atoms with Crippen LogP contribution < -0.4 is 4.90 Å². The Morgan fingerprint density at radius 3 is 1.52 bits per heavy atom. The third-order valence-electron chi connectivity index (χ3n) is 8.87. The molecule has 0 aliphatic heterocycles. The monoisotopic (exact) mass is 615 g/mol. The summed E-state index contributed by atoms with van der Waals surface area (Å²) < 4.78 is 2.34. The van der Waals surface area contributed by atoms with Crippen molar-refractivity contribution in [3.63, 3.8) is 0 Å². The highest BCUT2D eigenvalue weighted by Crippen LogP contribution is 2.38. The van der Waals surface area contributed by atoms with Crippen molar-refractivity contribution < 1.29 is 0 Å². The molecule has 0 radical (unpaired) electrons. The van der Waals surface area contributed by atoms with Gasteiger partial charge in [0.2, 0.25) is 0 Å². The zero-order chi connectivity index (χ0) is 31.9. The van der Waals surface area contributed by atoms with Crippen molar-refractivity contribution in [2.45, 2.75) is 0 Å². The third-order valence-corrected chi connectivity index (χ3v) is 8.87. The first-order valence-corrected chi connectivity index (χ1v) is 16.0. The van der Waals surface area contributed by atoms with E-state index >= 15 is 0 Å². The number of hydrogen-bond acceptors (Lipinski definition) is 4. The minimum atomic E-state index is 0.856. The lowest BCUT2D eigenvalue weighted by Gasteiger charge is -2.25. The molecule has 0 unspecified atom stereocenters. The first-order valence-electron chi connectivity index (χ1n) is 16.0. The van der Waals surface area contributed by atoms with Crippen LogP contribution in [0.4, 0.5) is 17.1 Å². The maximum absolute atomic E-state index is 5.10. The van der Waals surface area contributed by atoms with Crippen LogP contribution in [0.5, 0.6) is 0 Å². The van der Waals surface area contributed by atoms with Gasteiger partial charge in [0.05, 0.1) is 45.3 Å². The number of pyridine rings is 1. The van der Waals surface area contributed by atoms with Crippen LogP contribution in [0.3, 0.4) is 0 Å². The highest BCUT2D eigenvalue weighted by molar-refractivity contribution is 6.09. The Hall–Kier alpha value is -6.59. The van der Waals surface area contributed by atoms with E-state index in [1.54, 1.807) is 6.20 Å². The van der Waals surface area contributed by atoms with Gasteiger partial charge in [-0.25, -0.2) is 9.97 Å². The van der Waals surface area contributed by atoms with E-state index in [1.165, 1.54) is 21.8 Å². The largest absolute Gasteiger partial charge is 0.309 e. The minimum Gasteiger partial charge on any atom is -0.309 e. The van der Waals surface area contributed by atoms with Crippen molar-refractivity contribution in [3.8, 4) is 28.2 Å². The van der Waals surface area contributed by atoms with Gasteiger partial charge in [-0.05, 0) is 72.8 Å². The van der Waals surface area contributed by atoms with Crippen LogP contribution in [0, 0.1) is 0 Å². The van der Waals surface area contributed by atoms with Gasteiger partial charge < -0.3 is 9.47 Å². The molecule has 48 heavy (non-hydrogen) atoms. The summed E-state index contributed by atoms with van der Waals surface area (Å²) in [5, 5.41) is 2.50. The van der Waals surface area contributed by atoms with Gasteiger partial charge in [0.25, 0.3) is 0 Å². The number of para-hydroxylation sites is 4. The summed E-state index contributed by atoms with van der Waals surface area (Å²) >= 11 is 0. The maximum atomic E-state index is 5.10. The molecular weight excluding hydrogens is 587 g/mol. The summed E-state index contributed by atoms with van der Waals surface area (Å²) in [6, 6.07) is 56.9. The molecule has 0 aliphatic carbocycles. The van der Waals surface area contributed by atoms with Gasteiger partial charge in [-0.3, -0.25) is 4.98 Å². The standard InChI is InChI=1S/C43H29N5/c1-2-11-30(12-3-1)42-43(46-39-17-7-6-16-38(39)45-42)31-20-22-32(23-21-31)47(35-13-10-28-44-29-35)33-24-26-34(27-25-33)48-40-18-8-4-14-36(40)37-15-5-9-19-41(37)48/h1-29H. The van der Waals surface area contributed by atoms with Crippen LogP contribution in [-0.2, 0) is 0 Å². The van der Waals surface area contributed by atoms with Crippen LogP contribution in [0.2, 0.25) is 0 Å². The fraction of sp³-hybridized carbons (Fsp3) is 0. The molecule has 0 saturated carbocycles. The smallest absolute Gasteiger partial charge is 0.0973 e. The Kier molecular flexibility index (Phi) is 6.72. The Bertz CT molecular complexity index is 2490. The molecule has 3 heterocycles. The van der Waals surface area contributed by atoms with E-state index in [0.717, 1.165) is 56.3 Å². The summed E-state index contributed by atoms with van der Waals surface area (Å²) in [5.74, 6) is 0. The van der Waals surface area contributed by atoms with E-state index in [-0.39, 0.29) is 0 Å². The fourth-order valence-electron chi connectivity index (χ4n) is 6.65. The highest BCUT2D eigenvalue weighted by atomic mass is 15.1. The molecule has 0 N–H and O–H groups in total. The minimum absolute atomic E-state index is 0.856. The Morgan fingerprint density at radius 1 is 0.417 bits per heavy atom. The van der Waals surface area contributed by atoms with Crippen molar-refractivity contribution in [3.05, 3.63) is 176 Å². The molecule has 9 aromatic rings. The van der Waals surface area contributed by atoms with Gasteiger partial charge in [0, 0.05) is 45.2 Å². The van der Waals surface area contributed by atoms with E-state index in [9.17, 15) is 0 Å². The molecule has 5 heteroatoms. The maximum Gasteiger partial charge on any atom is 0.0973 e. The Morgan fingerprint density at radius 2 is 0.938 bits per heavy atom. The van der Waals surface area contributed by atoms with E-state index in [2.05, 4.69) is 130 Å². The lowest BCUT2D eigenvalue weighted by atomic mass is 10.0. The topological polar surface area (TPSA) is 46.8 Å². The van der Waals surface area contributed by atoms with E-state index in [1.807, 2.05) is 54.7 Å². The summed E-state index contributed by atoms with van der Waals surface area (Å²) in [6.45, 7) is 0. The molecule has 6 aromatic carbocycles. The summed E-state index contributed by atoms with van der Waals surface area (Å²) in [5.41, 5.74) is 12.0. The number of hydrogen-bond donors (Lipinski definition) is 0. The van der Waals surface area contributed by atoms with Crippen molar-refractivity contribution in [2.75, 3.05) is 4.90 Å². The molecular formula is C43H29N5. The first-order chi connectivity index (χ1) is 23.8. The summed E-state index contributed by atoms with van der Waals surface area (Å²) in [7, 11) is 0. The van der Waals surface area contributed by atoms with Crippen molar-refractivity contribution >= 4 is 49.9 Å². The van der Waals surface area contributed by atoms with Gasteiger partial charge in [-0.2, -0.15) is 0 Å². The van der Waals surface area contributed by atoms with Gasteiger partial charge in [-0.1, -0.05) is 91.0 Å². The number of fused-ring (bicyclic) bond motifs is 4. The number of anilines is 3. The predicted molar refractivity (Wildman–Crippen MR) is 197 cm³/mol. The molecule has 0 aliphatic rings. The molecule has 0 bridgehead atoms. The second-order valence-electron chi connectivity index (χ2n) is 11.8. The van der Waals surface area contributed by atoms with Crippen molar-refractivity contribution in [1.29, 1.82) is 0 Å². The van der Waals surface area contributed by atoms with E-state index in [4.69, 9.17) is 9.97 Å². The normalized spacial score (nSPS) is 11.3. The number of rotatable bonds is 6. The molecule has 0 atom stereocenters. The van der Waals surface area contributed by atoms with Gasteiger partial charge in [0.15, 0.2) is 0 Å². The Labute approximate surface area is 278 Å². The van der Waals surface area contributed by atoms with Crippen molar-refractivity contribution in [1.82, 2.24) is 19.5 Å². The van der Waals surface area contributed by atoms with Crippen LogP contribution in [0.1, 0.15) is 0 Å². The SMILES string of the molecule is c1ccc(-c2nc3ccccc3nc2-c2ccc(N(c3ccc(-n4c5ccccc5c5ccccc54)cc3)c3cccnc3)cc2)cc1. The van der Waals surface area contributed by atoms with E-state index in [0.29, 0.717) is 0 Å². The van der Waals surface area contributed by atoms with Crippen LogP contribution in [-0.4, -0.2) is 19.5 Å². The average Bonchev–Trinajstić information content (AvgIpc) is 3.50. The zero-order valence-electron chi connectivity index (χ0n) is 26.0. The second-order valence-corrected chi connectivity index (χ2v) is 11.8. The number of nitrogens with zero attached hydrogens (tertiary/aromatic N) is 5. The second kappa shape index (κ2) is 11.6. The van der Waals surface area contributed by atoms with Crippen LogP contribution >= 0.6 is 0 Å². The van der Waals surface area contributed by atoms with Gasteiger partial charge in [0.1, 0.15) is 0 Å². The molecule has 0 spiro atoms. The number of benzene rings is 6. The Balaban J connectivity index is 1.13. The quantitative estimate of drug-likeness (QED) is 0.187. The molecule has 9 rings (SSSR count). The first kappa shape index (κ1) is 27.7. The fourth-order valence-corrected chi connectivity index (χ4v) is 6.65. The average molecular weight is 616 g/mol. The molecule has 5 nitrogen and oxygen atoms in total. The highest BCUT2D eigenvalue weighted by Gasteiger charge is 2.17. The van der Waals surface area contributed by atoms with E-state index < -0.39 is 0 Å². The van der Waals surface area contributed by atoms with Gasteiger partial charge >= 0.3 is 0 Å². The lowest BCUT2D eigenvalue weighted by Crippen LogP contribution is -2.10. The zero-order valence-corrected chi connectivity index (χ0v) is 26.0. The molecule has 3 aromatic heterocycles. The van der Waals surface area contributed by atoms with Crippen molar-refractivity contribution in [2.24, 2.45) is 0 Å². The summed E-state index contributed by atoms with van der Waals surface area (Å²) in [4.78, 5) is 16.9. The van der Waals surface area contributed by atoms with Crippen LogP contribution in [0.15, 0.2) is 176 Å². The molecule has 0 saturated heterocycles. The number of aromatic nitrogens is 4. The lowest BCUT2D eigenvalue weighted by molar-refractivity contribution is 1.17. The third kappa shape index (κ3) is 4.77.